The van der Waals surface area contributed by atoms with Gasteiger partial charge >= 0.3 is 0 Å². The van der Waals surface area contributed by atoms with Crippen molar-refractivity contribution in [1.82, 2.24) is 0 Å². The first-order valence-corrected chi connectivity index (χ1v) is 7.30. The van der Waals surface area contributed by atoms with Gasteiger partial charge in [0.05, 0.1) is 0 Å². The standard InChI is InChI=1S/C17H15BrO2/c1-17(19,11-12-6-8-14(18)9-7-12)16-10-13-4-2-3-5-15(13)20-16/h2-10,19H,11H2,1H3. The molecule has 0 amide bonds. The van der Waals surface area contributed by atoms with E-state index < -0.39 is 5.60 Å². The van der Waals surface area contributed by atoms with E-state index in [9.17, 15) is 5.11 Å². The minimum absolute atomic E-state index is 0.514. The molecule has 1 N–H and O–H groups in total. The monoisotopic (exact) mass is 330 g/mol. The van der Waals surface area contributed by atoms with Crippen molar-refractivity contribution in [2.75, 3.05) is 0 Å². The lowest BCUT2D eigenvalue weighted by atomic mass is 9.94. The topological polar surface area (TPSA) is 33.4 Å². The zero-order valence-electron chi connectivity index (χ0n) is 11.1. The van der Waals surface area contributed by atoms with E-state index in [1.807, 2.05) is 54.6 Å². The summed E-state index contributed by atoms with van der Waals surface area (Å²) in [6, 6.07) is 17.7. The van der Waals surface area contributed by atoms with E-state index in [0.29, 0.717) is 12.2 Å². The number of hydrogen-bond donors (Lipinski definition) is 1. The van der Waals surface area contributed by atoms with E-state index in [1.165, 1.54) is 0 Å². The zero-order chi connectivity index (χ0) is 14.2. The summed E-state index contributed by atoms with van der Waals surface area (Å²) < 4.78 is 6.80. The smallest absolute Gasteiger partial charge is 0.136 e. The Morgan fingerprint density at radius 3 is 2.50 bits per heavy atom. The fourth-order valence-electron chi connectivity index (χ4n) is 2.33. The molecule has 0 bridgehead atoms. The number of furan rings is 1. The minimum atomic E-state index is -1.02. The van der Waals surface area contributed by atoms with Crippen molar-refractivity contribution in [3.05, 3.63) is 70.4 Å². The highest BCUT2D eigenvalue weighted by Crippen LogP contribution is 2.30. The van der Waals surface area contributed by atoms with E-state index in [4.69, 9.17) is 4.42 Å². The lowest BCUT2D eigenvalue weighted by Crippen LogP contribution is -2.23. The van der Waals surface area contributed by atoms with Gasteiger partial charge in [-0.25, -0.2) is 0 Å². The van der Waals surface area contributed by atoms with Crippen LogP contribution in [0.5, 0.6) is 0 Å². The average molecular weight is 331 g/mol. The van der Waals surface area contributed by atoms with E-state index in [2.05, 4.69) is 15.9 Å². The first kappa shape index (κ1) is 13.4. The average Bonchev–Trinajstić information content (AvgIpc) is 2.86. The van der Waals surface area contributed by atoms with Gasteiger partial charge in [0.2, 0.25) is 0 Å². The molecule has 2 aromatic carbocycles. The van der Waals surface area contributed by atoms with E-state index in [1.54, 1.807) is 6.92 Å². The number of rotatable bonds is 3. The lowest BCUT2D eigenvalue weighted by Gasteiger charge is -2.20. The normalized spacial score (nSPS) is 14.3. The highest BCUT2D eigenvalue weighted by Gasteiger charge is 2.27. The molecular formula is C17H15BrO2. The summed E-state index contributed by atoms with van der Waals surface area (Å²) >= 11 is 3.41. The molecule has 0 radical (unpaired) electrons. The molecule has 1 unspecified atom stereocenters. The van der Waals surface area contributed by atoms with Crippen LogP contribution in [0.3, 0.4) is 0 Å². The van der Waals surface area contributed by atoms with Gasteiger partial charge in [-0.1, -0.05) is 46.3 Å². The summed E-state index contributed by atoms with van der Waals surface area (Å²) in [7, 11) is 0. The molecule has 0 aliphatic rings. The van der Waals surface area contributed by atoms with Gasteiger partial charge in [-0.2, -0.15) is 0 Å². The third kappa shape index (κ3) is 2.65. The maximum absolute atomic E-state index is 10.7. The van der Waals surface area contributed by atoms with Crippen LogP contribution in [0.1, 0.15) is 18.2 Å². The predicted molar refractivity (Wildman–Crippen MR) is 83.6 cm³/mol. The number of para-hydroxylation sites is 1. The third-order valence-corrected chi connectivity index (χ3v) is 3.95. The Bertz CT molecular complexity index is 693. The van der Waals surface area contributed by atoms with E-state index >= 15 is 0 Å². The Balaban J connectivity index is 1.92. The van der Waals surface area contributed by atoms with E-state index in [0.717, 1.165) is 21.0 Å². The van der Waals surface area contributed by atoms with Crippen LogP contribution in [-0.4, -0.2) is 5.11 Å². The summed E-state index contributed by atoms with van der Waals surface area (Å²) in [5.74, 6) is 0.599. The van der Waals surface area contributed by atoms with Gasteiger partial charge in [0.1, 0.15) is 16.9 Å². The quantitative estimate of drug-likeness (QED) is 0.758. The number of fused-ring (bicyclic) bond motifs is 1. The fraction of sp³-hybridized carbons (Fsp3) is 0.176. The summed E-state index contributed by atoms with van der Waals surface area (Å²) in [5, 5.41) is 11.7. The van der Waals surface area contributed by atoms with Crippen LogP contribution in [0.25, 0.3) is 11.0 Å². The van der Waals surface area contributed by atoms with Crippen molar-refractivity contribution in [1.29, 1.82) is 0 Å². The van der Waals surface area contributed by atoms with Crippen molar-refractivity contribution in [3.63, 3.8) is 0 Å². The second-order valence-electron chi connectivity index (χ2n) is 5.23. The molecule has 0 saturated heterocycles. The van der Waals surface area contributed by atoms with Crippen molar-refractivity contribution in [3.8, 4) is 0 Å². The van der Waals surface area contributed by atoms with Gasteiger partial charge in [0.15, 0.2) is 0 Å². The van der Waals surface area contributed by atoms with Crippen LogP contribution in [0.2, 0.25) is 0 Å². The zero-order valence-corrected chi connectivity index (χ0v) is 12.7. The molecule has 0 fully saturated rings. The molecule has 20 heavy (non-hydrogen) atoms. The molecular weight excluding hydrogens is 316 g/mol. The number of benzene rings is 2. The van der Waals surface area contributed by atoms with Crippen molar-refractivity contribution >= 4 is 26.9 Å². The Morgan fingerprint density at radius 1 is 1.10 bits per heavy atom. The van der Waals surface area contributed by atoms with Crippen LogP contribution in [0, 0.1) is 0 Å². The summed E-state index contributed by atoms with van der Waals surface area (Å²) in [6.07, 6.45) is 0.514. The third-order valence-electron chi connectivity index (χ3n) is 3.42. The molecule has 2 nitrogen and oxygen atoms in total. The van der Waals surface area contributed by atoms with Crippen LogP contribution in [0.4, 0.5) is 0 Å². The van der Waals surface area contributed by atoms with E-state index in [-0.39, 0.29) is 0 Å². The molecule has 1 heterocycles. The minimum Gasteiger partial charge on any atom is -0.458 e. The van der Waals surface area contributed by atoms with Crippen LogP contribution < -0.4 is 0 Å². The molecule has 1 atom stereocenters. The molecule has 3 rings (SSSR count). The van der Waals surface area contributed by atoms with Gasteiger partial charge in [0.25, 0.3) is 0 Å². The predicted octanol–water partition coefficient (Wildman–Crippen LogP) is 4.65. The van der Waals surface area contributed by atoms with Crippen LogP contribution in [-0.2, 0) is 12.0 Å². The molecule has 3 aromatic rings. The number of aliphatic hydroxyl groups is 1. The van der Waals surface area contributed by atoms with Crippen LogP contribution >= 0.6 is 15.9 Å². The van der Waals surface area contributed by atoms with Crippen molar-refractivity contribution in [2.45, 2.75) is 18.9 Å². The molecule has 0 aliphatic carbocycles. The van der Waals surface area contributed by atoms with Gasteiger partial charge in [-0.05, 0) is 36.8 Å². The summed E-state index contributed by atoms with van der Waals surface area (Å²) in [5.41, 5.74) is 0.851. The number of hydrogen-bond acceptors (Lipinski definition) is 2. The first-order valence-electron chi connectivity index (χ1n) is 6.50. The Kier molecular flexibility index (Phi) is 3.40. The molecule has 0 saturated carbocycles. The van der Waals surface area contributed by atoms with Crippen molar-refractivity contribution < 1.29 is 9.52 Å². The first-order chi connectivity index (χ1) is 9.54. The SMILES string of the molecule is CC(O)(Cc1ccc(Br)cc1)c1cc2ccccc2o1. The van der Waals surface area contributed by atoms with Gasteiger partial charge in [0, 0.05) is 16.3 Å². The van der Waals surface area contributed by atoms with Gasteiger partial charge in [-0.3, -0.25) is 0 Å². The highest BCUT2D eigenvalue weighted by atomic mass is 79.9. The fourth-order valence-corrected chi connectivity index (χ4v) is 2.60. The molecule has 0 aliphatic heterocycles. The van der Waals surface area contributed by atoms with Gasteiger partial charge < -0.3 is 9.52 Å². The summed E-state index contributed by atoms with van der Waals surface area (Å²) in [4.78, 5) is 0. The molecule has 1 aromatic heterocycles. The lowest BCUT2D eigenvalue weighted by molar-refractivity contribution is 0.0360. The Morgan fingerprint density at radius 2 is 1.80 bits per heavy atom. The largest absolute Gasteiger partial charge is 0.458 e. The molecule has 102 valence electrons. The van der Waals surface area contributed by atoms with Crippen LogP contribution in [0.15, 0.2) is 63.5 Å². The number of halogens is 1. The van der Waals surface area contributed by atoms with Gasteiger partial charge in [-0.15, -0.1) is 0 Å². The second kappa shape index (κ2) is 5.08. The highest BCUT2D eigenvalue weighted by molar-refractivity contribution is 9.10. The molecule has 3 heteroatoms. The maximum atomic E-state index is 10.7. The maximum Gasteiger partial charge on any atom is 0.136 e. The van der Waals surface area contributed by atoms with Crippen molar-refractivity contribution in [2.24, 2.45) is 0 Å². The molecule has 0 spiro atoms. The Hall–Kier alpha value is -1.58. The second-order valence-corrected chi connectivity index (χ2v) is 6.14. The Labute approximate surface area is 126 Å². The summed E-state index contributed by atoms with van der Waals surface area (Å²) in [6.45, 7) is 1.78.